The number of hydrogen-bond acceptors (Lipinski definition) is 6. The fourth-order valence-electron chi connectivity index (χ4n) is 0.201. The molecule has 0 aromatic rings. The predicted octanol–water partition coefficient (Wildman–Crippen LogP) is -1.28. The third-order valence-corrected chi connectivity index (χ3v) is 2.26. The van der Waals surface area contributed by atoms with Crippen LogP contribution in [0.1, 0.15) is 0 Å². The van der Waals surface area contributed by atoms with Gasteiger partial charge in [-0.05, 0) is 7.60 Å². The van der Waals surface area contributed by atoms with Crippen LogP contribution in [0.25, 0.3) is 0 Å². The Morgan fingerprint density at radius 2 is 1.69 bits per heavy atom. The van der Waals surface area contributed by atoms with E-state index in [1.165, 1.54) is 0 Å². The minimum absolute atomic E-state index is 2.05. The van der Waals surface area contributed by atoms with Crippen LogP contribution < -0.4 is 9.79 Å². The first-order chi connectivity index (χ1) is 5.46. The van der Waals surface area contributed by atoms with Gasteiger partial charge in [0.05, 0.1) is 6.35 Å². The average Bonchev–Trinajstić information content (AvgIpc) is 1.79. The molecule has 0 spiro atoms. The van der Waals surface area contributed by atoms with E-state index in [1.54, 1.807) is 0 Å². The maximum atomic E-state index is 11.4. The molecule has 0 aliphatic heterocycles. The molecule has 0 fully saturated rings. The summed E-state index contributed by atoms with van der Waals surface area (Å²) < 4.78 is 66.7. The molecule has 0 N–H and O–H groups in total. The van der Waals surface area contributed by atoms with Crippen molar-refractivity contribution in [1.82, 2.24) is 0 Å². The van der Waals surface area contributed by atoms with Gasteiger partial charge >= 0.3 is 15.6 Å². The Labute approximate surface area is 70.6 Å². The van der Waals surface area contributed by atoms with Crippen LogP contribution in [0.2, 0.25) is 0 Å². The SMILES string of the molecule is O=P([O-])([O-])COS(=O)(=O)C(F)(F)F. The van der Waals surface area contributed by atoms with E-state index in [9.17, 15) is 35.9 Å². The first kappa shape index (κ1) is 12.8. The Hall–Kier alpha value is -0.150. The zero-order valence-electron chi connectivity index (χ0n) is 5.65. The van der Waals surface area contributed by atoms with E-state index in [2.05, 4.69) is 4.18 Å². The molecular weight excluding hydrogens is 240 g/mol. The highest BCUT2D eigenvalue weighted by atomic mass is 32.2. The Morgan fingerprint density at radius 1 is 1.31 bits per heavy atom. The van der Waals surface area contributed by atoms with Crippen LogP contribution in [0.15, 0.2) is 0 Å². The van der Waals surface area contributed by atoms with Crippen molar-refractivity contribution in [2.24, 2.45) is 0 Å². The van der Waals surface area contributed by atoms with Gasteiger partial charge in [0.2, 0.25) is 0 Å². The number of alkyl halides is 3. The van der Waals surface area contributed by atoms with Gasteiger partial charge in [0.25, 0.3) is 0 Å². The molecule has 0 aliphatic rings. The second-order valence-electron chi connectivity index (χ2n) is 1.76. The lowest BCUT2D eigenvalue weighted by Gasteiger charge is -2.28. The smallest absolute Gasteiger partial charge is 0.523 e. The van der Waals surface area contributed by atoms with Crippen molar-refractivity contribution in [2.45, 2.75) is 5.51 Å². The summed E-state index contributed by atoms with van der Waals surface area (Å²) in [5.41, 5.74) is -5.73. The van der Waals surface area contributed by atoms with Crippen molar-refractivity contribution in [3.05, 3.63) is 0 Å². The van der Waals surface area contributed by atoms with Crippen LogP contribution in [0.4, 0.5) is 13.2 Å². The number of rotatable bonds is 3. The summed E-state index contributed by atoms with van der Waals surface area (Å²) >= 11 is 0. The molecular formula is C2H2F3O6PS-2. The molecule has 0 aliphatic carbocycles. The summed E-state index contributed by atoms with van der Waals surface area (Å²) in [6, 6.07) is 0. The molecule has 0 amide bonds. The van der Waals surface area contributed by atoms with E-state index < -0.39 is 29.6 Å². The molecule has 0 aromatic carbocycles. The largest absolute Gasteiger partial charge is 0.809 e. The molecule has 0 saturated heterocycles. The zero-order valence-corrected chi connectivity index (χ0v) is 7.36. The van der Waals surface area contributed by atoms with Crippen LogP contribution in [0.5, 0.6) is 0 Å². The van der Waals surface area contributed by atoms with Gasteiger partial charge in [-0.3, -0.25) is 4.18 Å². The highest BCUT2D eigenvalue weighted by molar-refractivity contribution is 7.87. The Bertz CT molecular complexity index is 311. The summed E-state index contributed by atoms with van der Waals surface area (Å²) in [6.45, 7) is 0. The number of hydrogen-bond donors (Lipinski definition) is 0. The van der Waals surface area contributed by atoms with E-state index in [0.717, 1.165) is 0 Å². The average molecular weight is 242 g/mol. The molecule has 11 heteroatoms. The van der Waals surface area contributed by atoms with Crippen molar-refractivity contribution >= 4 is 17.7 Å². The second-order valence-corrected chi connectivity index (χ2v) is 4.84. The molecule has 0 saturated carbocycles. The Morgan fingerprint density at radius 3 is 1.92 bits per heavy atom. The Balaban J connectivity index is 4.49. The quantitative estimate of drug-likeness (QED) is 0.346. The van der Waals surface area contributed by atoms with Crippen molar-refractivity contribution in [2.75, 3.05) is 6.35 Å². The Kier molecular flexibility index (Phi) is 3.50. The van der Waals surface area contributed by atoms with E-state index in [-0.39, 0.29) is 0 Å². The maximum Gasteiger partial charge on any atom is 0.523 e. The van der Waals surface area contributed by atoms with Crippen LogP contribution in [0, 0.1) is 0 Å². The van der Waals surface area contributed by atoms with Gasteiger partial charge in [-0.25, -0.2) is 0 Å². The molecule has 0 radical (unpaired) electrons. The van der Waals surface area contributed by atoms with Crippen LogP contribution in [0.3, 0.4) is 0 Å². The van der Waals surface area contributed by atoms with Crippen molar-refractivity contribution in [3.8, 4) is 0 Å². The summed E-state index contributed by atoms with van der Waals surface area (Å²) in [5.74, 6) is 0. The summed E-state index contributed by atoms with van der Waals surface area (Å²) in [6.07, 6.45) is -2.05. The lowest BCUT2D eigenvalue weighted by Crippen LogP contribution is -2.28. The monoisotopic (exact) mass is 242 g/mol. The van der Waals surface area contributed by atoms with Gasteiger partial charge in [0.15, 0.2) is 0 Å². The lowest BCUT2D eigenvalue weighted by atomic mass is 11.6. The summed E-state index contributed by atoms with van der Waals surface area (Å²) in [4.78, 5) is 19.4. The molecule has 0 rings (SSSR count). The molecule has 0 heterocycles. The molecule has 6 nitrogen and oxygen atoms in total. The summed E-state index contributed by atoms with van der Waals surface area (Å²) in [7, 11) is -11.4. The second kappa shape index (κ2) is 3.54. The fourth-order valence-corrected chi connectivity index (χ4v) is 1.41. The summed E-state index contributed by atoms with van der Waals surface area (Å²) in [5, 5.41) is 0. The van der Waals surface area contributed by atoms with Crippen molar-refractivity contribution in [3.63, 3.8) is 0 Å². The number of halogens is 3. The lowest BCUT2D eigenvalue weighted by molar-refractivity contribution is -0.316. The molecule has 0 aromatic heterocycles. The first-order valence-electron chi connectivity index (χ1n) is 2.42. The zero-order chi connectivity index (χ0) is 10.9. The highest BCUT2D eigenvalue weighted by Gasteiger charge is 2.47. The standard InChI is InChI=1S/C2H4F3O6PS/c3-2(4,5)13(9,10)11-1-12(6,7)8/h1H2,(H2,6,7,8)/p-2. The normalized spacial score (nSPS) is 14.5. The minimum atomic E-state index is -6.00. The van der Waals surface area contributed by atoms with Gasteiger partial charge in [0.1, 0.15) is 0 Å². The molecule has 13 heavy (non-hydrogen) atoms. The van der Waals surface area contributed by atoms with Gasteiger partial charge in [-0.2, -0.15) is 21.6 Å². The first-order valence-corrected chi connectivity index (χ1v) is 5.56. The van der Waals surface area contributed by atoms with Gasteiger partial charge in [-0.1, -0.05) is 0 Å². The third kappa shape index (κ3) is 4.58. The van der Waals surface area contributed by atoms with Gasteiger partial charge in [-0.15, -0.1) is 0 Å². The predicted molar refractivity (Wildman–Crippen MR) is 28.5 cm³/mol. The topological polar surface area (TPSA) is 107 Å². The third-order valence-electron chi connectivity index (χ3n) is 0.649. The van der Waals surface area contributed by atoms with Crippen LogP contribution >= 0.6 is 7.60 Å². The van der Waals surface area contributed by atoms with Crippen molar-refractivity contribution < 1.29 is 40.1 Å². The fraction of sp³-hybridized carbons (Fsp3) is 1.00. The molecule has 0 bridgehead atoms. The van der Waals surface area contributed by atoms with E-state index >= 15 is 0 Å². The molecule has 0 unspecified atom stereocenters. The van der Waals surface area contributed by atoms with Crippen LogP contribution in [-0.4, -0.2) is 20.3 Å². The van der Waals surface area contributed by atoms with Crippen LogP contribution in [-0.2, 0) is 18.9 Å². The van der Waals surface area contributed by atoms with E-state index in [4.69, 9.17) is 0 Å². The van der Waals surface area contributed by atoms with E-state index in [1.807, 2.05) is 0 Å². The maximum absolute atomic E-state index is 11.4. The van der Waals surface area contributed by atoms with E-state index in [0.29, 0.717) is 0 Å². The molecule has 0 atom stereocenters. The van der Waals surface area contributed by atoms with Gasteiger partial charge < -0.3 is 14.4 Å². The minimum Gasteiger partial charge on any atom is -0.809 e. The highest BCUT2D eigenvalue weighted by Crippen LogP contribution is 2.29. The molecule has 80 valence electrons. The van der Waals surface area contributed by atoms with Crippen molar-refractivity contribution in [1.29, 1.82) is 0 Å². The van der Waals surface area contributed by atoms with Gasteiger partial charge in [0, 0.05) is 0 Å².